The molecule has 0 bridgehead atoms. The Bertz CT molecular complexity index is 610. The van der Waals surface area contributed by atoms with E-state index in [-0.39, 0.29) is 6.03 Å². The van der Waals surface area contributed by atoms with Gasteiger partial charge in [0.2, 0.25) is 0 Å². The van der Waals surface area contributed by atoms with Gasteiger partial charge in [0.05, 0.1) is 18.0 Å². The smallest absolute Gasteiger partial charge is 0.317 e. The number of aliphatic hydroxyl groups is 1. The molecule has 0 fully saturated rings. The molecule has 2 N–H and O–H groups in total. The molecule has 6 heteroatoms. The van der Waals surface area contributed by atoms with Gasteiger partial charge in [-0.05, 0) is 37.5 Å². The zero-order valence-corrected chi connectivity index (χ0v) is 13.6. The lowest BCUT2D eigenvalue weighted by Gasteiger charge is -2.18. The Hall–Kier alpha value is -2.34. The summed E-state index contributed by atoms with van der Waals surface area (Å²) < 4.78 is 1.83. The third-order valence-electron chi connectivity index (χ3n) is 3.58. The second kappa shape index (κ2) is 8.33. The summed E-state index contributed by atoms with van der Waals surface area (Å²) in [5.74, 6) is 0. The number of urea groups is 1. The first kappa shape index (κ1) is 17.0. The van der Waals surface area contributed by atoms with E-state index in [1.165, 1.54) is 0 Å². The van der Waals surface area contributed by atoms with Crippen LogP contribution in [0.5, 0.6) is 0 Å². The van der Waals surface area contributed by atoms with Crippen LogP contribution >= 0.6 is 0 Å². The summed E-state index contributed by atoms with van der Waals surface area (Å²) in [6, 6.07) is 9.78. The maximum atomic E-state index is 11.9. The van der Waals surface area contributed by atoms with Crippen molar-refractivity contribution in [2.24, 2.45) is 0 Å². The lowest BCUT2D eigenvalue weighted by Crippen LogP contribution is -2.39. The summed E-state index contributed by atoms with van der Waals surface area (Å²) in [6.45, 7) is 2.81. The largest absolute Gasteiger partial charge is 0.393 e. The monoisotopic (exact) mass is 316 g/mol. The Morgan fingerprint density at radius 2 is 2.13 bits per heavy atom. The molecule has 0 aliphatic rings. The van der Waals surface area contributed by atoms with Crippen LogP contribution in [0.2, 0.25) is 0 Å². The molecular weight excluding hydrogens is 292 g/mol. The van der Waals surface area contributed by atoms with Crippen molar-refractivity contribution in [1.82, 2.24) is 20.0 Å². The normalized spacial score (nSPS) is 12.0. The van der Waals surface area contributed by atoms with Crippen molar-refractivity contribution in [3.8, 4) is 5.69 Å². The van der Waals surface area contributed by atoms with Crippen LogP contribution < -0.4 is 5.32 Å². The summed E-state index contributed by atoms with van der Waals surface area (Å²) in [5, 5.41) is 16.4. The van der Waals surface area contributed by atoms with E-state index < -0.39 is 6.10 Å². The average molecular weight is 316 g/mol. The Labute approximate surface area is 136 Å². The summed E-state index contributed by atoms with van der Waals surface area (Å²) in [7, 11) is 1.73. The number of carbonyl (C=O) groups is 1. The lowest BCUT2D eigenvalue weighted by molar-refractivity contribution is 0.163. The summed E-state index contributed by atoms with van der Waals surface area (Å²) in [6.07, 6.45) is 4.69. The Kier molecular flexibility index (Phi) is 6.17. The van der Waals surface area contributed by atoms with Gasteiger partial charge in [0, 0.05) is 26.3 Å². The van der Waals surface area contributed by atoms with Gasteiger partial charge in [0.1, 0.15) is 0 Å². The van der Waals surface area contributed by atoms with Crippen LogP contribution in [0.3, 0.4) is 0 Å². The van der Waals surface area contributed by atoms with E-state index in [9.17, 15) is 9.90 Å². The second-order valence-corrected chi connectivity index (χ2v) is 5.67. The van der Waals surface area contributed by atoms with Crippen molar-refractivity contribution >= 4 is 6.03 Å². The molecule has 1 heterocycles. The first-order valence-corrected chi connectivity index (χ1v) is 7.82. The van der Waals surface area contributed by atoms with E-state index in [1.54, 1.807) is 18.9 Å². The molecule has 23 heavy (non-hydrogen) atoms. The van der Waals surface area contributed by atoms with Gasteiger partial charge in [0.15, 0.2) is 0 Å². The predicted octanol–water partition coefficient (Wildman–Crippen LogP) is 1.83. The van der Waals surface area contributed by atoms with Gasteiger partial charge in [-0.15, -0.1) is 0 Å². The summed E-state index contributed by atoms with van der Waals surface area (Å²) >= 11 is 0. The summed E-state index contributed by atoms with van der Waals surface area (Å²) in [4.78, 5) is 13.5. The Morgan fingerprint density at radius 3 is 2.83 bits per heavy atom. The standard InChI is InChI=1S/C17H24N4O2/c1-14(22)9-11-20(2)17(23)18-10-8-15-12-19-21(13-15)16-6-4-3-5-7-16/h3-7,12-14,22H,8-11H2,1-2H3,(H,18,23). The molecule has 2 amide bonds. The van der Waals surface area contributed by atoms with E-state index >= 15 is 0 Å². The molecule has 0 aliphatic carbocycles. The van der Waals surface area contributed by atoms with Crippen LogP contribution in [0.1, 0.15) is 18.9 Å². The minimum Gasteiger partial charge on any atom is -0.393 e. The van der Waals surface area contributed by atoms with E-state index in [1.807, 2.05) is 47.4 Å². The number of amides is 2. The van der Waals surface area contributed by atoms with Crippen molar-refractivity contribution in [2.45, 2.75) is 25.9 Å². The maximum Gasteiger partial charge on any atom is 0.317 e. The maximum absolute atomic E-state index is 11.9. The van der Waals surface area contributed by atoms with Gasteiger partial charge in [-0.3, -0.25) is 0 Å². The SMILES string of the molecule is CC(O)CCN(C)C(=O)NCCc1cnn(-c2ccccc2)c1. The first-order chi connectivity index (χ1) is 11.1. The molecule has 2 rings (SSSR count). The molecule has 1 aromatic carbocycles. The number of aliphatic hydroxyl groups excluding tert-OH is 1. The van der Waals surface area contributed by atoms with E-state index in [2.05, 4.69) is 10.4 Å². The van der Waals surface area contributed by atoms with Crippen molar-refractivity contribution in [3.63, 3.8) is 0 Å². The molecule has 0 radical (unpaired) electrons. The highest BCUT2D eigenvalue weighted by Gasteiger charge is 2.09. The van der Waals surface area contributed by atoms with Crippen LogP contribution in [-0.4, -0.2) is 52.1 Å². The third-order valence-corrected chi connectivity index (χ3v) is 3.58. The number of hydrogen-bond acceptors (Lipinski definition) is 3. The Morgan fingerprint density at radius 1 is 1.39 bits per heavy atom. The fraction of sp³-hybridized carbons (Fsp3) is 0.412. The highest BCUT2D eigenvalue weighted by Crippen LogP contribution is 2.07. The van der Waals surface area contributed by atoms with Crippen LogP contribution in [-0.2, 0) is 6.42 Å². The zero-order chi connectivity index (χ0) is 16.7. The molecule has 0 saturated carbocycles. The predicted molar refractivity (Wildman–Crippen MR) is 89.6 cm³/mol. The minimum atomic E-state index is -0.394. The van der Waals surface area contributed by atoms with Gasteiger partial charge in [-0.1, -0.05) is 18.2 Å². The molecule has 2 aromatic rings. The number of aromatic nitrogens is 2. The van der Waals surface area contributed by atoms with Crippen molar-refractivity contribution in [3.05, 3.63) is 48.3 Å². The number of rotatable bonds is 7. The number of carbonyl (C=O) groups excluding carboxylic acids is 1. The van der Waals surface area contributed by atoms with Gasteiger partial charge in [0.25, 0.3) is 0 Å². The molecule has 6 nitrogen and oxygen atoms in total. The number of nitrogens with zero attached hydrogens (tertiary/aromatic N) is 3. The summed E-state index contributed by atoms with van der Waals surface area (Å²) in [5.41, 5.74) is 2.08. The van der Waals surface area contributed by atoms with Crippen LogP contribution in [0, 0.1) is 0 Å². The van der Waals surface area contributed by atoms with Crippen molar-refractivity contribution in [2.75, 3.05) is 20.1 Å². The molecule has 0 saturated heterocycles. The highest BCUT2D eigenvalue weighted by molar-refractivity contribution is 5.73. The van der Waals surface area contributed by atoms with Gasteiger partial charge >= 0.3 is 6.03 Å². The molecule has 0 spiro atoms. The Balaban J connectivity index is 1.76. The molecule has 0 aliphatic heterocycles. The van der Waals surface area contributed by atoms with Gasteiger partial charge in [-0.25, -0.2) is 9.48 Å². The van der Waals surface area contributed by atoms with Crippen LogP contribution in [0.25, 0.3) is 5.69 Å². The fourth-order valence-electron chi connectivity index (χ4n) is 2.14. The fourth-order valence-corrected chi connectivity index (χ4v) is 2.14. The minimum absolute atomic E-state index is 0.124. The highest BCUT2D eigenvalue weighted by atomic mass is 16.3. The third kappa shape index (κ3) is 5.41. The van der Waals surface area contributed by atoms with E-state index in [0.29, 0.717) is 19.5 Å². The molecule has 1 aromatic heterocycles. The number of para-hydroxylation sites is 1. The van der Waals surface area contributed by atoms with E-state index in [4.69, 9.17) is 0 Å². The molecule has 1 unspecified atom stereocenters. The number of nitrogens with one attached hydrogen (secondary N) is 1. The topological polar surface area (TPSA) is 70.4 Å². The van der Waals surface area contributed by atoms with Gasteiger partial charge < -0.3 is 15.3 Å². The van der Waals surface area contributed by atoms with Gasteiger partial charge in [-0.2, -0.15) is 5.10 Å². The van der Waals surface area contributed by atoms with E-state index in [0.717, 1.165) is 17.7 Å². The first-order valence-electron chi connectivity index (χ1n) is 7.82. The zero-order valence-electron chi connectivity index (χ0n) is 13.6. The molecular formula is C17H24N4O2. The molecule has 1 atom stereocenters. The van der Waals surface area contributed by atoms with Crippen LogP contribution in [0.4, 0.5) is 4.79 Å². The average Bonchev–Trinajstić information content (AvgIpc) is 3.02. The lowest BCUT2D eigenvalue weighted by atomic mass is 10.2. The van der Waals surface area contributed by atoms with Crippen molar-refractivity contribution < 1.29 is 9.90 Å². The second-order valence-electron chi connectivity index (χ2n) is 5.67. The van der Waals surface area contributed by atoms with Crippen molar-refractivity contribution in [1.29, 1.82) is 0 Å². The number of benzene rings is 1. The van der Waals surface area contributed by atoms with Crippen LogP contribution in [0.15, 0.2) is 42.7 Å². The quantitative estimate of drug-likeness (QED) is 0.818. The molecule has 124 valence electrons. The number of hydrogen-bond donors (Lipinski definition) is 2.